The Morgan fingerprint density at radius 3 is 2.54 bits per heavy atom. The van der Waals surface area contributed by atoms with E-state index in [4.69, 9.17) is 0 Å². The van der Waals surface area contributed by atoms with Gasteiger partial charge in [-0.3, -0.25) is 9.78 Å². The largest absolute Gasteiger partial charge is 0.368 e. The van der Waals surface area contributed by atoms with E-state index in [1.807, 2.05) is 35.5 Å². The van der Waals surface area contributed by atoms with Crippen LogP contribution in [0, 0.1) is 6.92 Å². The van der Waals surface area contributed by atoms with Crippen molar-refractivity contribution in [2.75, 3.05) is 36.8 Å². The molecule has 2 heterocycles. The average Bonchev–Trinajstić information content (AvgIpc) is 2.62. The van der Waals surface area contributed by atoms with Gasteiger partial charge in [0, 0.05) is 53.6 Å². The third-order valence-corrected chi connectivity index (χ3v) is 5.80. The van der Waals surface area contributed by atoms with Gasteiger partial charge in [-0.05, 0) is 42.8 Å². The van der Waals surface area contributed by atoms with Gasteiger partial charge in [0.15, 0.2) is 0 Å². The number of nitrogens with zero attached hydrogens (tertiary/aromatic N) is 3. The maximum absolute atomic E-state index is 12.5. The number of rotatable bonds is 4. The van der Waals surface area contributed by atoms with Gasteiger partial charge in [-0.2, -0.15) is 0 Å². The lowest BCUT2D eigenvalue weighted by Crippen LogP contribution is -2.49. The first-order valence-electron chi connectivity index (χ1n) is 7.95. The van der Waals surface area contributed by atoms with Gasteiger partial charge in [0.2, 0.25) is 5.91 Å². The molecule has 0 radical (unpaired) electrons. The zero-order chi connectivity index (χ0) is 16.9. The van der Waals surface area contributed by atoms with Crippen LogP contribution in [-0.4, -0.2) is 47.7 Å². The quantitative estimate of drug-likeness (QED) is 0.728. The van der Waals surface area contributed by atoms with E-state index in [0.29, 0.717) is 5.75 Å². The molecule has 1 saturated heterocycles. The van der Waals surface area contributed by atoms with Crippen LogP contribution in [0.5, 0.6) is 0 Å². The summed E-state index contributed by atoms with van der Waals surface area (Å²) in [6.45, 7) is 5.38. The summed E-state index contributed by atoms with van der Waals surface area (Å²) in [6.07, 6.45) is 3.62. The van der Waals surface area contributed by atoms with Crippen molar-refractivity contribution >= 4 is 39.3 Å². The first-order valence-corrected chi connectivity index (χ1v) is 9.73. The van der Waals surface area contributed by atoms with E-state index in [-0.39, 0.29) is 5.91 Å². The standard InChI is InChI=1S/C18H20BrN3OS/c1-14-12-15(19)2-3-17(14)24-13-18(23)22-10-8-21(9-11-22)16-4-6-20-7-5-16/h2-7,12H,8-11,13H2,1H3. The Bertz CT molecular complexity index is 703. The van der Waals surface area contributed by atoms with E-state index in [1.54, 1.807) is 11.8 Å². The fraction of sp³-hybridized carbons (Fsp3) is 0.333. The highest BCUT2D eigenvalue weighted by Gasteiger charge is 2.21. The number of benzene rings is 1. The predicted octanol–water partition coefficient (Wildman–Crippen LogP) is 3.59. The Labute approximate surface area is 155 Å². The van der Waals surface area contributed by atoms with Crippen molar-refractivity contribution in [1.82, 2.24) is 9.88 Å². The summed E-state index contributed by atoms with van der Waals surface area (Å²) in [5.74, 6) is 0.717. The number of hydrogen-bond acceptors (Lipinski definition) is 4. The molecule has 0 saturated carbocycles. The normalized spacial score (nSPS) is 14.8. The second kappa shape index (κ2) is 8.03. The van der Waals surface area contributed by atoms with E-state index in [1.165, 1.54) is 16.1 Å². The number of piperazine rings is 1. The molecule has 0 spiro atoms. The molecule has 24 heavy (non-hydrogen) atoms. The van der Waals surface area contributed by atoms with Crippen molar-refractivity contribution in [3.8, 4) is 0 Å². The Morgan fingerprint density at radius 2 is 1.88 bits per heavy atom. The maximum atomic E-state index is 12.5. The topological polar surface area (TPSA) is 36.4 Å². The fourth-order valence-corrected chi connectivity index (χ4v) is 4.16. The lowest BCUT2D eigenvalue weighted by molar-refractivity contribution is -0.128. The number of thioether (sulfide) groups is 1. The summed E-state index contributed by atoms with van der Waals surface area (Å²) in [4.78, 5) is 22.0. The second-order valence-corrected chi connectivity index (χ2v) is 7.70. The molecule has 4 nitrogen and oxygen atoms in total. The first-order chi connectivity index (χ1) is 11.6. The van der Waals surface area contributed by atoms with E-state index in [0.717, 1.165) is 30.7 Å². The number of aryl methyl sites for hydroxylation is 1. The molecule has 1 aliphatic rings. The van der Waals surface area contributed by atoms with Crippen LogP contribution < -0.4 is 4.90 Å². The monoisotopic (exact) mass is 405 g/mol. The van der Waals surface area contributed by atoms with E-state index >= 15 is 0 Å². The fourth-order valence-electron chi connectivity index (χ4n) is 2.77. The Balaban J connectivity index is 1.50. The number of pyridine rings is 1. The van der Waals surface area contributed by atoms with Crippen molar-refractivity contribution in [2.45, 2.75) is 11.8 Å². The molecular weight excluding hydrogens is 386 g/mol. The van der Waals surface area contributed by atoms with Crippen LogP contribution in [0.3, 0.4) is 0 Å². The van der Waals surface area contributed by atoms with Crippen LogP contribution in [0.4, 0.5) is 5.69 Å². The average molecular weight is 406 g/mol. The molecule has 1 fully saturated rings. The lowest BCUT2D eigenvalue weighted by Gasteiger charge is -2.36. The smallest absolute Gasteiger partial charge is 0.233 e. The highest BCUT2D eigenvalue weighted by molar-refractivity contribution is 9.10. The van der Waals surface area contributed by atoms with Gasteiger partial charge in [0.05, 0.1) is 5.75 Å². The molecule has 0 unspecified atom stereocenters. The number of anilines is 1. The van der Waals surface area contributed by atoms with Gasteiger partial charge in [0.25, 0.3) is 0 Å². The first kappa shape index (κ1) is 17.3. The van der Waals surface area contributed by atoms with Crippen LogP contribution in [0.1, 0.15) is 5.56 Å². The summed E-state index contributed by atoms with van der Waals surface area (Å²) >= 11 is 5.09. The molecule has 0 atom stereocenters. The van der Waals surface area contributed by atoms with E-state index < -0.39 is 0 Å². The number of carbonyl (C=O) groups is 1. The Hall–Kier alpha value is -1.53. The number of carbonyl (C=O) groups excluding carboxylic acids is 1. The van der Waals surface area contributed by atoms with Gasteiger partial charge in [-0.25, -0.2) is 0 Å². The molecule has 0 aliphatic carbocycles. The van der Waals surface area contributed by atoms with Crippen LogP contribution in [-0.2, 0) is 4.79 Å². The Kier molecular flexibility index (Phi) is 5.79. The molecule has 0 bridgehead atoms. The summed E-state index contributed by atoms with van der Waals surface area (Å²) in [5, 5.41) is 0. The zero-order valence-corrected chi connectivity index (χ0v) is 16.0. The van der Waals surface area contributed by atoms with Crippen LogP contribution >= 0.6 is 27.7 Å². The molecule has 2 aromatic rings. The van der Waals surface area contributed by atoms with Crippen LogP contribution in [0.25, 0.3) is 0 Å². The highest BCUT2D eigenvalue weighted by Crippen LogP contribution is 2.25. The number of hydrogen-bond donors (Lipinski definition) is 0. The van der Waals surface area contributed by atoms with Crippen molar-refractivity contribution in [3.63, 3.8) is 0 Å². The van der Waals surface area contributed by atoms with Crippen LogP contribution in [0.2, 0.25) is 0 Å². The van der Waals surface area contributed by atoms with Crippen molar-refractivity contribution in [1.29, 1.82) is 0 Å². The molecule has 126 valence electrons. The minimum Gasteiger partial charge on any atom is -0.368 e. The Morgan fingerprint density at radius 1 is 1.17 bits per heavy atom. The maximum Gasteiger partial charge on any atom is 0.233 e. The van der Waals surface area contributed by atoms with Crippen LogP contribution in [0.15, 0.2) is 52.1 Å². The predicted molar refractivity (Wildman–Crippen MR) is 103 cm³/mol. The summed E-state index contributed by atoms with van der Waals surface area (Å²) in [7, 11) is 0. The number of aromatic nitrogens is 1. The molecule has 1 aliphatic heterocycles. The van der Waals surface area contributed by atoms with Gasteiger partial charge < -0.3 is 9.80 Å². The molecule has 6 heteroatoms. The third kappa shape index (κ3) is 4.30. The second-order valence-electron chi connectivity index (χ2n) is 5.77. The zero-order valence-electron chi connectivity index (χ0n) is 13.6. The minimum atomic E-state index is 0.219. The molecule has 1 aromatic carbocycles. The van der Waals surface area contributed by atoms with Gasteiger partial charge >= 0.3 is 0 Å². The van der Waals surface area contributed by atoms with Crippen molar-refractivity contribution in [2.24, 2.45) is 0 Å². The molecule has 0 N–H and O–H groups in total. The summed E-state index contributed by atoms with van der Waals surface area (Å²) < 4.78 is 1.07. The van der Waals surface area contributed by atoms with E-state index in [9.17, 15) is 4.79 Å². The third-order valence-electron chi connectivity index (χ3n) is 4.15. The van der Waals surface area contributed by atoms with E-state index in [2.05, 4.69) is 44.9 Å². The van der Waals surface area contributed by atoms with Gasteiger partial charge in [-0.1, -0.05) is 15.9 Å². The SMILES string of the molecule is Cc1cc(Br)ccc1SCC(=O)N1CCN(c2ccncc2)CC1. The summed E-state index contributed by atoms with van der Waals surface area (Å²) in [5.41, 5.74) is 2.38. The molecular formula is C18H20BrN3OS. The van der Waals surface area contributed by atoms with Gasteiger partial charge in [-0.15, -0.1) is 11.8 Å². The lowest BCUT2D eigenvalue weighted by atomic mass is 10.2. The number of halogens is 1. The molecule has 3 rings (SSSR count). The minimum absolute atomic E-state index is 0.219. The van der Waals surface area contributed by atoms with Gasteiger partial charge in [0.1, 0.15) is 0 Å². The van der Waals surface area contributed by atoms with Crippen molar-refractivity contribution in [3.05, 3.63) is 52.8 Å². The molecule has 1 aromatic heterocycles. The number of amides is 1. The highest BCUT2D eigenvalue weighted by atomic mass is 79.9. The molecule has 1 amide bonds. The summed E-state index contributed by atoms with van der Waals surface area (Å²) in [6, 6.07) is 10.2. The van der Waals surface area contributed by atoms with Crippen molar-refractivity contribution < 1.29 is 4.79 Å².